The van der Waals surface area contributed by atoms with Gasteiger partial charge in [0, 0.05) is 18.1 Å². The number of rotatable bonds is 8. The largest absolute Gasteiger partial charge is 0.478 e. The summed E-state index contributed by atoms with van der Waals surface area (Å²) in [5.74, 6) is -1.16. The lowest BCUT2D eigenvalue weighted by Gasteiger charge is -2.16. The van der Waals surface area contributed by atoms with Crippen molar-refractivity contribution >= 4 is 29.3 Å². The van der Waals surface area contributed by atoms with E-state index in [-0.39, 0.29) is 11.9 Å². The van der Waals surface area contributed by atoms with Gasteiger partial charge in [0.1, 0.15) is 0 Å². The van der Waals surface area contributed by atoms with Crippen molar-refractivity contribution in [1.82, 2.24) is 5.32 Å². The molecule has 0 saturated carbocycles. The highest BCUT2D eigenvalue weighted by Crippen LogP contribution is 2.18. The maximum atomic E-state index is 12.1. The van der Waals surface area contributed by atoms with Crippen LogP contribution < -0.4 is 5.32 Å². The van der Waals surface area contributed by atoms with Crippen LogP contribution in [0.1, 0.15) is 34.3 Å². The standard InChI is InChI=1S/C14H19NO4S/c1-3-4-10(9-19-2)15-14(18)12-7-5-11(20-12)6-8-13(16)17/h5-8,10H,3-4,9H2,1-2H3,(H,15,18)(H,16,17). The second-order valence-corrected chi connectivity index (χ2v) is 5.40. The second-order valence-electron chi connectivity index (χ2n) is 4.29. The number of amides is 1. The van der Waals surface area contributed by atoms with Crippen molar-refractivity contribution in [2.45, 2.75) is 25.8 Å². The van der Waals surface area contributed by atoms with Crippen LogP contribution in [0.2, 0.25) is 0 Å². The molecule has 0 aliphatic rings. The number of thiophene rings is 1. The van der Waals surface area contributed by atoms with Crippen molar-refractivity contribution in [3.05, 3.63) is 28.0 Å². The first kappa shape index (κ1) is 16.4. The van der Waals surface area contributed by atoms with Crippen LogP contribution in [0.25, 0.3) is 6.08 Å². The third-order valence-corrected chi connectivity index (χ3v) is 3.63. The van der Waals surface area contributed by atoms with Gasteiger partial charge in [-0.25, -0.2) is 4.79 Å². The zero-order valence-electron chi connectivity index (χ0n) is 11.6. The van der Waals surface area contributed by atoms with E-state index in [1.165, 1.54) is 17.4 Å². The maximum Gasteiger partial charge on any atom is 0.328 e. The fraction of sp³-hybridized carbons (Fsp3) is 0.429. The highest BCUT2D eigenvalue weighted by molar-refractivity contribution is 7.14. The van der Waals surface area contributed by atoms with Gasteiger partial charge in [0.15, 0.2) is 0 Å². The molecular formula is C14H19NO4S. The molecular weight excluding hydrogens is 278 g/mol. The molecule has 1 heterocycles. The maximum absolute atomic E-state index is 12.1. The van der Waals surface area contributed by atoms with Crippen molar-refractivity contribution in [3.63, 3.8) is 0 Å². The molecule has 0 radical (unpaired) electrons. The second kappa shape index (κ2) is 8.50. The van der Waals surface area contributed by atoms with Crippen LogP contribution in [0.5, 0.6) is 0 Å². The van der Waals surface area contributed by atoms with Gasteiger partial charge in [-0.1, -0.05) is 13.3 Å². The van der Waals surface area contributed by atoms with E-state index in [1.807, 2.05) is 0 Å². The van der Waals surface area contributed by atoms with Crippen molar-refractivity contribution in [1.29, 1.82) is 0 Å². The van der Waals surface area contributed by atoms with Gasteiger partial charge in [0.2, 0.25) is 0 Å². The number of hydrogen-bond acceptors (Lipinski definition) is 4. The van der Waals surface area contributed by atoms with Crippen LogP contribution >= 0.6 is 11.3 Å². The summed E-state index contributed by atoms with van der Waals surface area (Å²) >= 11 is 1.26. The molecule has 1 aromatic heterocycles. The Kier molecular flexibility index (Phi) is 6.97. The molecule has 2 N–H and O–H groups in total. The van der Waals surface area contributed by atoms with Crippen LogP contribution in [0.4, 0.5) is 0 Å². The quantitative estimate of drug-likeness (QED) is 0.722. The van der Waals surface area contributed by atoms with Crippen LogP contribution in [0, 0.1) is 0 Å². The third kappa shape index (κ3) is 5.54. The fourth-order valence-corrected chi connectivity index (χ4v) is 2.54. The van der Waals surface area contributed by atoms with Gasteiger partial charge in [-0.3, -0.25) is 4.79 Å². The molecule has 20 heavy (non-hydrogen) atoms. The third-order valence-electron chi connectivity index (χ3n) is 2.58. The van der Waals surface area contributed by atoms with Crippen LogP contribution in [-0.2, 0) is 9.53 Å². The minimum atomic E-state index is -1.01. The molecule has 0 aromatic carbocycles. The molecule has 1 unspecified atom stereocenters. The van der Waals surface area contributed by atoms with Crippen molar-refractivity contribution < 1.29 is 19.4 Å². The van der Waals surface area contributed by atoms with E-state index in [4.69, 9.17) is 9.84 Å². The summed E-state index contributed by atoms with van der Waals surface area (Å²) in [6.07, 6.45) is 4.35. The van der Waals surface area contributed by atoms with Crippen LogP contribution in [-0.4, -0.2) is 36.7 Å². The molecule has 1 amide bonds. The van der Waals surface area contributed by atoms with E-state index in [0.717, 1.165) is 23.8 Å². The Bertz CT molecular complexity index is 475. The lowest BCUT2D eigenvalue weighted by molar-refractivity contribution is -0.131. The Morgan fingerprint density at radius 3 is 2.85 bits per heavy atom. The van der Waals surface area contributed by atoms with Crippen LogP contribution in [0.15, 0.2) is 18.2 Å². The Hall–Kier alpha value is -1.66. The van der Waals surface area contributed by atoms with E-state index < -0.39 is 5.97 Å². The van der Waals surface area contributed by atoms with E-state index in [1.54, 1.807) is 19.2 Å². The summed E-state index contributed by atoms with van der Waals surface area (Å²) in [6, 6.07) is 3.42. The summed E-state index contributed by atoms with van der Waals surface area (Å²) in [4.78, 5) is 23.8. The Morgan fingerprint density at radius 1 is 1.50 bits per heavy atom. The predicted molar refractivity (Wildman–Crippen MR) is 79.0 cm³/mol. The zero-order chi connectivity index (χ0) is 15.0. The minimum absolute atomic E-state index is 0.00221. The molecule has 0 saturated heterocycles. The number of carbonyl (C=O) groups excluding carboxylic acids is 1. The number of aliphatic carboxylic acids is 1. The number of hydrogen-bond donors (Lipinski definition) is 2. The van der Waals surface area contributed by atoms with Crippen molar-refractivity contribution in [2.75, 3.05) is 13.7 Å². The number of nitrogens with one attached hydrogen (secondary N) is 1. The van der Waals surface area contributed by atoms with E-state index in [2.05, 4.69) is 12.2 Å². The van der Waals surface area contributed by atoms with Gasteiger partial charge in [0.25, 0.3) is 5.91 Å². The lowest BCUT2D eigenvalue weighted by Crippen LogP contribution is -2.37. The van der Waals surface area contributed by atoms with Crippen LogP contribution in [0.3, 0.4) is 0 Å². The van der Waals surface area contributed by atoms with E-state index in [0.29, 0.717) is 11.5 Å². The average molecular weight is 297 g/mol. The van der Waals surface area contributed by atoms with Gasteiger partial charge in [-0.15, -0.1) is 11.3 Å². The molecule has 0 aliphatic heterocycles. The number of carboxylic acids is 1. The van der Waals surface area contributed by atoms with Gasteiger partial charge >= 0.3 is 5.97 Å². The normalized spacial score (nSPS) is 12.5. The molecule has 1 aromatic rings. The van der Waals surface area contributed by atoms with Crippen molar-refractivity contribution in [2.24, 2.45) is 0 Å². The lowest BCUT2D eigenvalue weighted by atomic mass is 10.2. The van der Waals surface area contributed by atoms with Gasteiger partial charge in [-0.2, -0.15) is 0 Å². The summed E-state index contributed by atoms with van der Waals surface area (Å²) in [7, 11) is 1.61. The minimum Gasteiger partial charge on any atom is -0.478 e. The highest BCUT2D eigenvalue weighted by atomic mass is 32.1. The summed E-state index contributed by atoms with van der Waals surface area (Å²) in [5, 5.41) is 11.5. The summed E-state index contributed by atoms with van der Waals surface area (Å²) < 4.78 is 5.08. The summed E-state index contributed by atoms with van der Waals surface area (Å²) in [5.41, 5.74) is 0. The van der Waals surface area contributed by atoms with Gasteiger partial charge in [-0.05, 0) is 24.6 Å². The van der Waals surface area contributed by atoms with Gasteiger partial charge in [0.05, 0.1) is 17.5 Å². The Morgan fingerprint density at radius 2 is 2.25 bits per heavy atom. The Balaban J connectivity index is 2.65. The predicted octanol–water partition coefficient (Wildman–Crippen LogP) is 2.39. The zero-order valence-corrected chi connectivity index (χ0v) is 12.4. The first-order valence-corrected chi connectivity index (χ1v) is 7.19. The number of methoxy groups -OCH3 is 1. The molecule has 1 rings (SSSR count). The average Bonchev–Trinajstić information content (AvgIpc) is 2.85. The SMILES string of the molecule is CCCC(COC)NC(=O)c1ccc(C=CC(=O)O)s1. The highest BCUT2D eigenvalue weighted by Gasteiger charge is 2.14. The molecule has 0 spiro atoms. The molecule has 110 valence electrons. The number of ether oxygens (including phenoxy) is 1. The molecule has 0 aliphatic carbocycles. The molecule has 6 heteroatoms. The topological polar surface area (TPSA) is 75.6 Å². The van der Waals surface area contributed by atoms with E-state index in [9.17, 15) is 9.59 Å². The monoisotopic (exact) mass is 297 g/mol. The molecule has 5 nitrogen and oxygen atoms in total. The number of carbonyl (C=O) groups is 2. The first-order valence-electron chi connectivity index (χ1n) is 6.37. The van der Waals surface area contributed by atoms with E-state index >= 15 is 0 Å². The smallest absolute Gasteiger partial charge is 0.328 e. The fourth-order valence-electron chi connectivity index (χ4n) is 1.72. The Labute approximate surface area is 122 Å². The van der Waals surface area contributed by atoms with Crippen molar-refractivity contribution in [3.8, 4) is 0 Å². The molecule has 0 bridgehead atoms. The molecule has 1 atom stereocenters. The number of carboxylic acid groups (broad SMARTS) is 1. The first-order chi connectivity index (χ1) is 9.56. The summed E-state index contributed by atoms with van der Waals surface area (Å²) in [6.45, 7) is 2.53. The molecule has 0 fully saturated rings. The van der Waals surface area contributed by atoms with Gasteiger partial charge < -0.3 is 15.2 Å².